The largest absolute Gasteiger partial charge is 0.478 e. The van der Waals surface area contributed by atoms with Gasteiger partial charge in [-0.25, -0.2) is 4.79 Å². The maximum atomic E-state index is 11.1. The molecule has 16 heavy (non-hydrogen) atoms. The zero-order chi connectivity index (χ0) is 11.5. The van der Waals surface area contributed by atoms with Crippen molar-refractivity contribution in [1.82, 2.24) is 9.78 Å². The van der Waals surface area contributed by atoms with Gasteiger partial charge in [0.25, 0.3) is 0 Å². The van der Waals surface area contributed by atoms with Gasteiger partial charge in [0.2, 0.25) is 0 Å². The van der Waals surface area contributed by atoms with E-state index in [9.17, 15) is 4.79 Å². The SMILES string of the molecule is CCn1cc(C(=O)O)c(C2CCOCC2)n1. The molecule has 5 heteroatoms. The van der Waals surface area contributed by atoms with Crippen molar-refractivity contribution in [2.24, 2.45) is 0 Å². The Kier molecular flexibility index (Phi) is 3.24. The molecule has 1 aliphatic heterocycles. The molecule has 1 saturated heterocycles. The molecule has 88 valence electrons. The molecule has 0 amide bonds. The Morgan fingerprint density at radius 3 is 2.88 bits per heavy atom. The fourth-order valence-corrected chi connectivity index (χ4v) is 2.04. The van der Waals surface area contributed by atoms with Crippen LogP contribution in [0.5, 0.6) is 0 Å². The van der Waals surface area contributed by atoms with Crippen LogP contribution in [0.15, 0.2) is 6.20 Å². The van der Waals surface area contributed by atoms with Gasteiger partial charge in [-0.3, -0.25) is 4.68 Å². The van der Waals surface area contributed by atoms with E-state index in [2.05, 4.69) is 5.10 Å². The van der Waals surface area contributed by atoms with E-state index in [1.54, 1.807) is 10.9 Å². The molecule has 2 heterocycles. The van der Waals surface area contributed by atoms with Crippen LogP contribution in [0.2, 0.25) is 0 Å². The third-order valence-corrected chi connectivity index (χ3v) is 2.95. The smallest absolute Gasteiger partial charge is 0.339 e. The van der Waals surface area contributed by atoms with Crippen molar-refractivity contribution in [3.63, 3.8) is 0 Å². The number of nitrogens with zero attached hydrogens (tertiary/aromatic N) is 2. The summed E-state index contributed by atoms with van der Waals surface area (Å²) in [6.45, 7) is 4.04. The van der Waals surface area contributed by atoms with E-state index in [1.165, 1.54) is 0 Å². The lowest BCUT2D eigenvalue weighted by Crippen LogP contribution is -2.16. The van der Waals surface area contributed by atoms with Crippen molar-refractivity contribution in [2.45, 2.75) is 32.2 Å². The van der Waals surface area contributed by atoms with Crippen LogP contribution >= 0.6 is 0 Å². The zero-order valence-electron chi connectivity index (χ0n) is 9.35. The van der Waals surface area contributed by atoms with E-state index in [1.807, 2.05) is 6.92 Å². The number of ether oxygens (including phenoxy) is 1. The molecule has 0 radical (unpaired) electrons. The molecule has 0 spiro atoms. The van der Waals surface area contributed by atoms with Gasteiger partial charge in [0.1, 0.15) is 5.56 Å². The Labute approximate surface area is 94.0 Å². The second kappa shape index (κ2) is 4.65. The predicted molar refractivity (Wildman–Crippen MR) is 57.7 cm³/mol. The molecule has 1 aromatic heterocycles. The summed E-state index contributed by atoms with van der Waals surface area (Å²) in [5, 5.41) is 13.5. The second-order valence-corrected chi connectivity index (χ2v) is 3.98. The van der Waals surface area contributed by atoms with E-state index in [4.69, 9.17) is 9.84 Å². The molecule has 1 N–H and O–H groups in total. The lowest BCUT2D eigenvalue weighted by molar-refractivity contribution is 0.0684. The molecule has 5 nitrogen and oxygen atoms in total. The van der Waals surface area contributed by atoms with Crippen molar-refractivity contribution in [3.8, 4) is 0 Å². The predicted octanol–water partition coefficient (Wildman–Crippen LogP) is 1.50. The summed E-state index contributed by atoms with van der Waals surface area (Å²) in [5.74, 6) is -0.658. The Bertz CT molecular complexity index is 381. The molecule has 1 aromatic rings. The average Bonchev–Trinajstić information content (AvgIpc) is 2.74. The fourth-order valence-electron chi connectivity index (χ4n) is 2.04. The summed E-state index contributed by atoms with van der Waals surface area (Å²) in [6.07, 6.45) is 3.34. The minimum Gasteiger partial charge on any atom is -0.478 e. The molecule has 0 aliphatic carbocycles. The number of carboxylic acid groups (broad SMARTS) is 1. The third-order valence-electron chi connectivity index (χ3n) is 2.95. The number of aromatic carboxylic acids is 1. The topological polar surface area (TPSA) is 64.4 Å². The van der Waals surface area contributed by atoms with E-state index in [0.717, 1.165) is 18.5 Å². The van der Waals surface area contributed by atoms with Gasteiger partial charge in [0.05, 0.1) is 5.69 Å². The monoisotopic (exact) mass is 224 g/mol. The quantitative estimate of drug-likeness (QED) is 0.845. The molecule has 1 fully saturated rings. The summed E-state index contributed by atoms with van der Waals surface area (Å²) in [6, 6.07) is 0. The first-order chi connectivity index (χ1) is 7.72. The standard InChI is InChI=1S/C11H16N2O3/c1-2-13-7-9(11(14)15)10(12-13)8-3-5-16-6-4-8/h7-8H,2-6H2,1H3,(H,14,15). The number of rotatable bonds is 3. The van der Waals surface area contributed by atoms with E-state index in [0.29, 0.717) is 25.3 Å². The molecule has 0 aromatic carbocycles. The van der Waals surface area contributed by atoms with Gasteiger partial charge < -0.3 is 9.84 Å². The molecule has 0 atom stereocenters. The summed E-state index contributed by atoms with van der Waals surface area (Å²) in [5.41, 5.74) is 1.06. The number of carbonyl (C=O) groups is 1. The first-order valence-electron chi connectivity index (χ1n) is 5.60. The van der Waals surface area contributed by atoms with Crippen LogP contribution in [0, 0.1) is 0 Å². The van der Waals surface area contributed by atoms with Crippen LogP contribution in [-0.4, -0.2) is 34.1 Å². The van der Waals surface area contributed by atoms with Crippen LogP contribution in [0.4, 0.5) is 0 Å². The van der Waals surface area contributed by atoms with Crippen molar-refractivity contribution < 1.29 is 14.6 Å². The molecular formula is C11H16N2O3. The maximum absolute atomic E-state index is 11.1. The maximum Gasteiger partial charge on any atom is 0.339 e. The van der Waals surface area contributed by atoms with E-state index in [-0.39, 0.29) is 5.92 Å². The molecule has 0 saturated carbocycles. The van der Waals surface area contributed by atoms with Gasteiger partial charge >= 0.3 is 5.97 Å². The van der Waals surface area contributed by atoms with Crippen molar-refractivity contribution in [3.05, 3.63) is 17.5 Å². The Balaban J connectivity index is 2.29. The number of hydrogen-bond acceptors (Lipinski definition) is 3. The minimum absolute atomic E-state index is 0.229. The van der Waals surface area contributed by atoms with Gasteiger partial charge in [0.15, 0.2) is 0 Å². The average molecular weight is 224 g/mol. The van der Waals surface area contributed by atoms with Crippen LogP contribution < -0.4 is 0 Å². The van der Waals surface area contributed by atoms with Crippen LogP contribution in [0.3, 0.4) is 0 Å². The molecule has 0 bridgehead atoms. The normalized spacial score (nSPS) is 17.6. The summed E-state index contributed by atoms with van der Waals surface area (Å²) < 4.78 is 6.96. The molecular weight excluding hydrogens is 208 g/mol. The number of aryl methyl sites for hydroxylation is 1. The first-order valence-corrected chi connectivity index (χ1v) is 5.60. The van der Waals surface area contributed by atoms with Crippen LogP contribution in [0.25, 0.3) is 0 Å². The van der Waals surface area contributed by atoms with Crippen LogP contribution in [-0.2, 0) is 11.3 Å². The van der Waals surface area contributed by atoms with E-state index < -0.39 is 5.97 Å². The highest BCUT2D eigenvalue weighted by atomic mass is 16.5. The van der Waals surface area contributed by atoms with Gasteiger partial charge in [-0.05, 0) is 19.8 Å². The molecule has 0 unspecified atom stereocenters. The first kappa shape index (κ1) is 11.1. The Hall–Kier alpha value is -1.36. The van der Waals surface area contributed by atoms with Gasteiger partial charge in [0, 0.05) is 31.9 Å². The summed E-state index contributed by atoms with van der Waals surface area (Å²) >= 11 is 0. The Morgan fingerprint density at radius 2 is 2.31 bits per heavy atom. The number of carboxylic acids is 1. The van der Waals surface area contributed by atoms with Gasteiger partial charge in [-0.15, -0.1) is 0 Å². The number of aromatic nitrogens is 2. The highest BCUT2D eigenvalue weighted by Crippen LogP contribution is 2.28. The zero-order valence-corrected chi connectivity index (χ0v) is 9.35. The van der Waals surface area contributed by atoms with Crippen LogP contribution in [0.1, 0.15) is 41.7 Å². The lowest BCUT2D eigenvalue weighted by atomic mass is 9.94. The highest BCUT2D eigenvalue weighted by molar-refractivity contribution is 5.88. The van der Waals surface area contributed by atoms with Crippen molar-refractivity contribution in [2.75, 3.05) is 13.2 Å². The highest BCUT2D eigenvalue weighted by Gasteiger charge is 2.25. The fraction of sp³-hybridized carbons (Fsp3) is 0.636. The van der Waals surface area contributed by atoms with E-state index >= 15 is 0 Å². The van der Waals surface area contributed by atoms with Crippen molar-refractivity contribution >= 4 is 5.97 Å². The summed E-state index contributed by atoms with van der Waals surface area (Å²) in [4.78, 5) is 11.1. The number of hydrogen-bond donors (Lipinski definition) is 1. The van der Waals surface area contributed by atoms with Gasteiger partial charge in [-0.2, -0.15) is 5.10 Å². The van der Waals surface area contributed by atoms with Crippen molar-refractivity contribution in [1.29, 1.82) is 0 Å². The lowest BCUT2D eigenvalue weighted by Gasteiger charge is -2.20. The summed E-state index contributed by atoms with van der Waals surface area (Å²) in [7, 11) is 0. The third kappa shape index (κ3) is 2.09. The second-order valence-electron chi connectivity index (χ2n) is 3.98. The molecule has 2 rings (SSSR count). The molecule has 1 aliphatic rings. The minimum atomic E-state index is -0.888. The Morgan fingerprint density at radius 1 is 1.62 bits per heavy atom. The van der Waals surface area contributed by atoms with Gasteiger partial charge in [-0.1, -0.05) is 0 Å².